The molecule has 1 heterocycles. The van der Waals surface area contributed by atoms with Gasteiger partial charge in [0, 0.05) is 19.5 Å². The number of aryl methyl sites for hydroxylation is 1. The van der Waals surface area contributed by atoms with Gasteiger partial charge in [-0.1, -0.05) is 42.5 Å². The molecule has 0 radical (unpaired) electrons. The normalized spacial score (nSPS) is 15.6. The minimum absolute atomic E-state index is 0.0808. The molecule has 1 saturated heterocycles. The summed E-state index contributed by atoms with van der Waals surface area (Å²) >= 11 is 0. The van der Waals surface area contributed by atoms with Gasteiger partial charge in [0.25, 0.3) is 0 Å². The van der Waals surface area contributed by atoms with Crippen molar-refractivity contribution in [2.24, 2.45) is 0 Å². The molecule has 0 spiro atoms. The Hall–Kier alpha value is -3.43. The summed E-state index contributed by atoms with van der Waals surface area (Å²) in [5, 5.41) is 14.9. The summed E-state index contributed by atoms with van der Waals surface area (Å²) in [6, 6.07) is 13.2. The summed E-state index contributed by atoms with van der Waals surface area (Å²) in [5.41, 5.74) is 2.67. The summed E-state index contributed by atoms with van der Waals surface area (Å²) in [4.78, 5) is 38.7. The van der Waals surface area contributed by atoms with E-state index in [1.165, 1.54) is 6.92 Å². The lowest BCUT2D eigenvalue weighted by Crippen LogP contribution is -2.53. The van der Waals surface area contributed by atoms with Crippen LogP contribution in [0.5, 0.6) is 5.75 Å². The van der Waals surface area contributed by atoms with E-state index in [9.17, 15) is 19.5 Å². The number of rotatable bonds is 11. The highest BCUT2D eigenvalue weighted by atomic mass is 16.5. The van der Waals surface area contributed by atoms with Crippen molar-refractivity contribution < 1.29 is 29.0 Å². The predicted molar refractivity (Wildman–Crippen MR) is 130 cm³/mol. The highest BCUT2D eigenvalue weighted by Crippen LogP contribution is 2.22. The third-order valence-electron chi connectivity index (χ3n) is 5.79. The van der Waals surface area contributed by atoms with Gasteiger partial charge in [-0.05, 0) is 36.6 Å². The molecule has 2 aromatic rings. The van der Waals surface area contributed by atoms with Gasteiger partial charge in [0.15, 0.2) is 0 Å². The molecular weight excluding hydrogens is 450 g/mol. The van der Waals surface area contributed by atoms with Crippen molar-refractivity contribution >= 4 is 17.8 Å². The molecule has 9 nitrogen and oxygen atoms in total. The van der Waals surface area contributed by atoms with Crippen molar-refractivity contribution in [1.82, 2.24) is 15.5 Å². The molecule has 1 aliphatic rings. The molecule has 2 atom stereocenters. The Morgan fingerprint density at radius 3 is 2.46 bits per heavy atom. The van der Waals surface area contributed by atoms with Crippen molar-refractivity contribution in [2.45, 2.75) is 39.0 Å². The van der Waals surface area contributed by atoms with E-state index in [2.05, 4.69) is 10.6 Å². The molecule has 35 heavy (non-hydrogen) atoms. The fourth-order valence-electron chi connectivity index (χ4n) is 3.71. The Bertz CT molecular complexity index is 1010. The Morgan fingerprint density at radius 2 is 1.77 bits per heavy atom. The lowest BCUT2D eigenvalue weighted by Gasteiger charge is -2.26. The van der Waals surface area contributed by atoms with Gasteiger partial charge in [0.05, 0.1) is 19.8 Å². The zero-order chi connectivity index (χ0) is 25.2. The molecule has 0 aromatic heterocycles. The lowest BCUT2D eigenvalue weighted by molar-refractivity contribution is -0.142. The number of nitrogens with one attached hydrogen (secondary N) is 2. The molecule has 0 saturated carbocycles. The third kappa shape index (κ3) is 8.38. The number of carboxylic acids is 1. The second-order valence-corrected chi connectivity index (χ2v) is 8.66. The molecule has 2 aromatic carbocycles. The molecule has 9 heteroatoms. The molecule has 3 N–H and O–H groups in total. The number of hydrogen-bond acceptors (Lipinski definition) is 6. The number of ether oxygens (including phenoxy) is 2. The van der Waals surface area contributed by atoms with E-state index in [0.29, 0.717) is 38.7 Å². The van der Waals surface area contributed by atoms with Crippen LogP contribution in [0, 0.1) is 6.92 Å². The fourth-order valence-corrected chi connectivity index (χ4v) is 3.71. The Balaban J connectivity index is 1.55. The second kappa shape index (κ2) is 12.9. The van der Waals surface area contributed by atoms with Crippen molar-refractivity contribution in [1.29, 1.82) is 0 Å². The van der Waals surface area contributed by atoms with Gasteiger partial charge in [0.2, 0.25) is 11.8 Å². The summed E-state index contributed by atoms with van der Waals surface area (Å²) in [5.74, 6) is -1.34. The minimum atomic E-state index is -1.16. The zero-order valence-corrected chi connectivity index (χ0v) is 20.2. The standard InChI is InChI=1S/C26H33N3O6/c1-18-8-9-21(15-23(18)35-17-20-6-4-3-5-7-20)14-22(26(32)33)28-25(31)19(2)27-24(30)16-29-10-12-34-13-11-29/h3-9,15,19,22H,10-14,16-17H2,1-2H3,(H,27,30)(H,28,31)(H,32,33). The molecule has 188 valence electrons. The van der Waals surface area contributed by atoms with Crippen molar-refractivity contribution in [2.75, 3.05) is 32.8 Å². The number of amides is 2. The van der Waals surface area contributed by atoms with Gasteiger partial charge < -0.3 is 25.2 Å². The number of aliphatic carboxylic acids is 1. The Labute approximate surface area is 205 Å². The van der Waals surface area contributed by atoms with Gasteiger partial charge in [0.1, 0.15) is 24.4 Å². The number of carbonyl (C=O) groups is 3. The number of carbonyl (C=O) groups excluding carboxylic acids is 2. The van der Waals surface area contributed by atoms with Crippen LogP contribution in [0.3, 0.4) is 0 Å². The molecule has 0 bridgehead atoms. The van der Waals surface area contributed by atoms with Crippen LogP contribution >= 0.6 is 0 Å². The van der Waals surface area contributed by atoms with E-state index in [1.54, 1.807) is 6.07 Å². The summed E-state index contributed by atoms with van der Waals surface area (Å²) in [6.07, 6.45) is 0.0808. The Kier molecular flexibility index (Phi) is 9.63. The van der Waals surface area contributed by atoms with Crippen LogP contribution in [0.2, 0.25) is 0 Å². The first-order valence-electron chi connectivity index (χ1n) is 11.7. The smallest absolute Gasteiger partial charge is 0.326 e. The van der Waals surface area contributed by atoms with Gasteiger partial charge in [-0.25, -0.2) is 4.79 Å². The predicted octanol–water partition coefficient (Wildman–Crippen LogP) is 1.52. The van der Waals surface area contributed by atoms with Crippen LogP contribution in [0.4, 0.5) is 0 Å². The molecule has 1 fully saturated rings. The average Bonchev–Trinajstić information content (AvgIpc) is 2.84. The van der Waals surface area contributed by atoms with E-state index in [1.807, 2.05) is 54.3 Å². The summed E-state index contributed by atoms with van der Waals surface area (Å²) in [7, 11) is 0. The largest absolute Gasteiger partial charge is 0.489 e. The van der Waals surface area contributed by atoms with Crippen LogP contribution < -0.4 is 15.4 Å². The van der Waals surface area contributed by atoms with Gasteiger partial charge in [-0.3, -0.25) is 14.5 Å². The first kappa shape index (κ1) is 26.2. The van der Waals surface area contributed by atoms with Crippen LogP contribution in [0.25, 0.3) is 0 Å². The highest BCUT2D eigenvalue weighted by Gasteiger charge is 2.25. The van der Waals surface area contributed by atoms with E-state index in [4.69, 9.17) is 9.47 Å². The maximum Gasteiger partial charge on any atom is 0.326 e. The SMILES string of the molecule is Cc1ccc(CC(NC(=O)C(C)NC(=O)CN2CCOCC2)C(=O)O)cc1OCc1ccccc1. The quantitative estimate of drug-likeness (QED) is 0.444. The molecular formula is C26H33N3O6. The van der Waals surface area contributed by atoms with Crippen molar-refractivity contribution in [3.8, 4) is 5.75 Å². The van der Waals surface area contributed by atoms with Gasteiger partial charge in [-0.15, -0.1) is 0 Å². The molecule has 2 amide bonds. The summed E-state index contributed by atoms with van der Waals surface area (Å²) in [6.45, 7) is 6.47. The van der Waals surface area contributed by atoms with Gasteiger partial charge in [-0.2, -0.15) is 0 Å². The van der Waals surface area contributed by atoms with Crippen LogP contribution in [0.1, 0.15) is 23.6 Å². The maximum absolute atomic E-state index is 12.6. The van der Waals surface area contributed by atoms with E-state index >= 15 is 0 Å². The number of hydrogen-bond donors (Lipinski definition) is 3. The minimum Gasteiger partial charge on any atom is -0.489 e. The number of morpholine rings is 1. The second-order valence-electron chi connectivity index (χ2n) is 8.66. The topological polar surface area (TPSA) is 117 Å². The monoisotopic (exact) mass is 483 g/mol. The lowest BCUT2D eigenvalue weighted by atomic mass is 10.0. The molecule has 0 aliphatic carbocycles. The third-order valence-corrected chi connectivity index (χ3v) is 5.79. The summed E-state index contributed by atoms with van der Waals surface area (Å²) < 4.78 is 11.2. The number of benzene rings is 2. The Morgan fingerprint density at radius 1 is 1.06 bits per heavy atom. The highest BCUT2D eigenvalue weighted by molar-refractivity contribution is 5.90. The fraction of sp³-hybridized carbons (Fsp3) is 0.423. The maximum atomic E-state index is 12.6. The first-order chi connectivity index (χ1) is 16.8. The average molecular weight is 484 g/mol. The zero-order valence-electron chi connectivity index (χ0n) is 20.2. The first-order valence-corrected chi connectivity index (χ1v) is 11.7. The van der Waals surface area contributed by atoms with E-state index in [-0.39, 0.29) is 18.9 Å². The number of carboxylic acid groups (broad SMARTS) is 1. The van der Waals surface area contributed by atoms with Gasteiger partial charge >= 0.3 is 5.97 Å². The molecule has 2 unspecified atom stereocenters. The van der Waals surface area contributed by atoms with Crippen molar-refractivity contribution in [3.05, 3.63) is 65.2 Å². The van der Waals surface area contributed by atoms with Crippen LogP contribution in [-0.4, -0.2) is 72.7 Å². The van der Waals surface area contributed by atoms with Crippen molar-refractivity contribution in [3.63, 3.8) is 0 Å². The van der Waals surface area contributed by atoms with E-state index < -0.39 is 24.0 Å². The van der Waals surface area contributed by atoms with E-state index in [0.717, 1.165) is 16.7 Å². The number of nitrogens with zero attached hydrogens (tertiary/aromatic N) is 1. The molecule has 1 aliphatic heterocycles. The van der Waals surface area contributed by atoms with Crippen LogP contribution in [-0.2, 0) is 32.1 Å². The molecule has 3 rings (SSSR count). The van der Waals surface area contributed by atoms with Crippen LogP contribution in [0.15, 0.2) is 48.5 Å².